The van der Waals surface area contributed by atoms with E-state index in [4.69, 9.17) is 19.9 Å². The Hall–Kier alpha value is -5.83. The fraction of sp³-hybridized carbons (Fsp3) is 0.452. The van der Waals surface area contributed by atoms with Crippen LogP contribution in [0.5, 0.6) is 5.75 Å². The van der Waals surface area contributed by atoms with Crippen LogP contribution >= 0.6 is 15.9 Å². The van der Waals surface area contributed by atoms with Crippen molar-refractivity contribution in [2.75, 3.05) is 65.9 Å². The lowest BCUT2D eigenvalue weighted by Gasteiger charge is -2.24. The van der Waals surface area contributed by atoms with Gasteiger partial charge in [-0.15, -0.1) is 5.10 Å². The molecule has 2 aliphatic rings. The van der Waals surface area contributed by atoms with Crippen LogP contribution in [0.3, 0.4) is 0 Å². The predicted octanol–water partition coefficient (Wildman–Crippen LogP) is 2.55. The van der Waals surface area contributed by atoms with E-state index in [1.807, 2.05) is 18.2 Å². The van der Waals surface area contributed by atoms with E-state index in [1.54, 1.807) is 30.1 Å². The smallest absolute Gasteiger partial charge is 0.282 e. The molecule has 4 amide bonds. The Balaban J connectivity index is 0.000000338. The molecule has 2 aromatic carbocycles. The summed E-state index contributed by atoms with van der Waals surface area (Å²) in [5.41, 5.74) is 7.70. The summed E-state index contributed by atoms with van der Waals surface area (Å²) in [6.07, 6.45) is 8.73. The molecular formula is C42H57BrN10O9. The molecule has 0 aliphatic carbocycles. The summed E-state index contributed by atoms with van der Waals surface area (Å²) in [4.78, 5) is 73.7. The van der Waals surface area contributed by atoms with E-state index in [2.05, 4.69) is 73.0 Å². The zero-order valence-electron chi connectivity index (χ0n) is 35.7. The highest BCUT2D eigenvalue weighted by atomic mass is 79.9. The highest BCUT2D eigenvalue weighted by Crippen LogP contribution is 2.33. The molecule has 0 spiro atoms. The van der Waals surface area contributed by atoms with Crippen LogP contribution in [0.2, 0.25) is 0 Å². The Morgan fingerprint density at radius 3 is 2.27 bits per heavy atom. The van der Waals surface area contributed by atoms with Gasteiger partial charge in [-0.2, -0.15) is 5.10 Å². The van der Waals surface area contributed by atoms with Crippen molar-refractivity contribution in [3.63, 3.8) is 0 Å². The number of nitrogens with one attached hydrogen (secondary N) is 2. The standard InChI is InChI=1S/C24H30N6O8.C7H8.C6H13N.C5H6BrN3O/c1-25-22(33)19(5-3-9-31)30-23(34)18-4-2-6-20(21(18)24(30)35)38-13-12-36-10-11-37-15-17-14-29(28-27-17)8-7-26-16-32;2*1-7-5-3-2-4-6-7;1-9-5(10)4(6)3(7)2-8-9/h2,4,6,9,14,16,19H,3,5,7-8,10-13,15H2,1H3,(H,25,33)(H,26,32);2-6H,1H3;2-6H2,1H3;2H,7H2,1H3. The average Bonchev–Trinajstić information content (AvgIpc) is 3.84. The molecule has 336 valence electrons. The number of carbonyl (C=O) groups excluding carboxylic acids is 5. The van der Waals surface area contributed by atoms with Crippen LogP contribution in [-0.4, -0.2) is 131 Å². The maximum absolute atomic E-state index is 13.1. The van der Waals surface area contributed by atoms with Gasteiger partial charge in [-0.3, -0.25) is 33.6 Å². The molecule has 1 saturated heterocycles. The molecule has 1 unspecified atom stereocenters. The zero-order chi connectivity index (χ0) is 45.3. The minimum atomic E-state index is -1.10. The SMILES string of the molecule is CN1CCCCC1.CNC(=O)C(CCC=O)N1C(=O)c2cccc(OCCOCCOCc3cn(CCNC=O)nn3)c2C1=O.Cc1ccccc1.Cn1ncc(N)c(Br)c1=O. The van der Waals surface area contributed by atoms with Crippen molar-refractivity contribution in [3.05, 3.63) is 98.1 Å². The van der Waals surface area contributed by atoms with Gasteiger partial charge < -0.3 is 40.3 Å². The van der Waals surface area contributed by atoms with E-state index in [0.717, 1.165) is 4.90 Å². The molecule has 4 N–H and O–H groups in total. The van der Waals surface area contributed by atoms with Crippen molar-refractivity contribution < 1.29 is 38.2 Å². The number of anilines is 1. The van der Waals surface area contributed by atoms with Crippen molar-refractivity contribution in [2.45, 2.75) is 58.2 Å². The van der Waals surface area contributed by atoms with E-state index < -0.39 is 23.8 Å². The lowest BCUT2D eigenvalue weighted by atomic mass is 10.1. The van der Waals surface area contributed by atoms with Gasteiger partial charge in [0.1, 0.15) is 34.9 Å². The van der Waals surface area contributed by atoms with Gasteiger partial charge in [0.05, 0.1) is 62.2 Å². The van der Waals surface area contributed by atoms with Crippen molar-refractivity contribution in [3.8, 4) is 5.75 Å². The van der Waals surface area contributed by atoms with Crippen LogP contribution < -0.4 is 26.7 Å². The normalized spacial score (nSPS) is 13.5. The summed E-state index contributed by atoms with van der Waals surface area (Å²) in [6, 6.07) is 13.8. The number of nitrogens with zero attached hydrogens (tertiary/aromatic N) is 7. The van der Waals surface area contributed by atoms with Gasteiger partial charge in [0.15, 0.2) is 0 Å². The number of likely N-dealkylation sites (N-methyl/N-ethyl adjacent to an activating group) is 1. The Bertz CT molecular complexity index is 2080. The fourth-order valence-corrected chi connectivity index (χ4v) is 6.27. The zero-order valence-corrected chi connectivity index (χ0v) is 37.3. The van der Waals surface area contributed by atoms with Gasteiger partial charge in [-0.05, 0) is 74.4 Å². The molecule has 6 rings (SSSR count). The third kappa shape index (κ3) is 16.6. The Morgan fingerprint density at radius 2 is 1.66 bits per heavy atom. The Kier molecular flexibility index (Phi) is 22.7. The van der Waals surface area contributed by atoms with Crippen molar-refractivity contribution in [1.29, 1.82) is 0 Å². The number of nitrogen functional groups attached to an aromatic ring is 1. The van der Waals surface area contributed by atoms with Crippen molar-refractivity contribution in [2.24, 2.45) is 7.05 Å². The summed E-state index contributed by atoms with van der Waals surface area (Å²) < 4.78 is 19.9. The molecule has 1 atom stereocenters. The molecule has 0 saturated carbocycles. The molecule has 2 aromatic heterocycles. The van der Waals surface area contributed by atoms with E-state index in [9.17, 15) is 28.8 Å². The molecule has 1 fully saturated rings. The van der Waals surface area contributed by atoms with E-state index >= 15 is 0 Å². The topological polar surface area (TPSA) is 235 Å². The first-order chi connectivity index (χ1) is 29.9. The minimum Gasteiger partial charge on any atom is -0.490 e. The van der Waals surface area contributed by atoms with Gasteiger partial charge in [-0.1, -0.05) is 53.6 Å². The predicted molar refractivity (Wildman–Crippen MR) is 234 cm³/mol. The number of likely N-dealkylation sites (tertiary alicyclic amines) is 1. The number of carbonyl (C=O) groups is 5. The number of ether oxygens (including phenoxy) is 3. The Labute approximate surface area is 369 Å². The average molecular weight is 926 g/mol. The molecule has 4 aromatic rings. The second-order valence-electron chi connectivity index (χ2n) is 14.0. The summed E-state index contributed by atoms with van der Waals surface area (Å²) in [7, 11) is 5.15. The minimum absolute atomic E-state index is 0.0240. The van der Waals surface area contributed by atoms with Gasteiger partial charge >= 0.3 is 0 Å². The fourth-order valence-electron chi connectivity index (χ4n) is 5.91. The molecule has 2 aliphatic heterocycles. The molecule has 0 radical (unpaired) electrons. The van der Waals surface area contributed by atoms with Crippen molar-refractivity contribution >= 4 is 52.0 Å². The van der Waals surface area contributed by atoms with Crippen LogP contribution in [0.15, 0.2) is 70.2 Å². The second-order valence-corrected chi connectivity index (χ2v) is 14.7. The van der Waals surface area contributed by atoms with Crippen LogP contribution in [0.1, 0.15) is 64.1 Å². The number of nitrogens with two attached hydrogens (primary N) is 1. The van der Waals surface area contributed by atoms with Gasteiger partial charge in [0.2, 0.25) is 12.3 Å². The Morgan fingerprint density at radius 1 is 0.952 bits per heavy atom. The first kappa shape index (κ1) is 50.5. The maximum atomic E-state index is 13.1. The number of piperidine rings is 1. The summed E-state index contributed by atoms with van der Waals surface area (Å²) >= 11 is 3.03. The monoisotopic (exact) mass is 924 g/mol. The van der Waals surface area contributed by atoms with E-state index in [1.165, 1.54) is 61.9 Å². The number of hydrogen-bond acceptors (Lipinski definition) is 14. The summed E-state index contributed by atoms with van der Waals surface area (Å²) in [5.74, 6) is -1.58. The highest BCUT2D eigenvalue weighted by Gasteiger charge is 2.44. The molecule has 4 heterocycles. The number of halogens is 1. The number of fused-ring (bicyclic) bond motifs is 1. The first-order valence-corrected chi connectivity index (χ1v) is 20.9. The summed E-state index contributed by atoms with van der Waals surface area (Å²) in [5, 5.41) is 16.6. The highest BCUT2D eigenvalue weighted by molar-refractivity contribution is 9.10. The third-order valence-electron chi connectivity index (χ3n) is 9.21. The second kappa shape index (κ2) is 27.9. The number of aldehydes is 1. The van der Waals surface area contributed by atoms with Crippen molar-refractivity contribution in [1.82, 2.24) is 45.2 Å². The molecule has 19 nitrogen and oxygen atoms in total. The quantitative estimate of drug-likeness (QED) is 0.0740. The lowest BCUT2D eigenvalue weighted by molar-refractivity contribution is -0.124. The van der Waals surface area contributed by atoms with E-state index in [-0.39, 0.29) is 55.1 Å². The molecule has 62 heavy (non-hydrogen) atoms. The van der Waals surface area contributed by atoms with Crippen LogP contribution in [-0.2, 0) is 44.1 Å². The molecule has 20 heteroatoms. The largest absolute Gasteiger partial charge is 0.490 e. The van der Waals surface area contributed by atoms with E-state index in [0.29, 0.717) is 54.9 Å². The van der Waals surface area contributed by atoms with Crippen LogP contribution in [0.25, 0.3) is 0 Å². The van der Waals surface area contributed by atoms with Crippen LogP contribution in [0.4, 0.5) is 5.69 Å². The lowest BCUT2D eigenvalue weighted by Crippen LogP contribution is -2.48. The number of aryl methyl sites for hydroxylation is 2. The van der Waals surface area contributed by atoms with Crippen LogP contribution in [0, 0.1) is 6.92 Å². The van der Waals surface area contributed by atoms with Gasteiger partial charge in [-0.25, -0.2) is 4.68 Å². The number of aromatic nitrogens is 5. The van der Waals surface area contributed by atoms with Gasteiger partial charge in [0.25, 0.3) is 17.4 Å². The number of amides is 4. The molecule has 0 bridgehead atoms. The number of benzene rings is 2. The summed E-state index contributed by atoms with van der Waals surface area (Å²) in [6.45, 7) is 6.87. The maximum Gasteiger partial charge on any atom is 0.282 e. The first-order valence-electron chi connectivity index (χ1n) is 20.1. The molecular weight excluding hydrogens is 868 g/mol. The third-order valence-corrected chi connectivity index (χ3v) is 10.0. The number of imide groups is 1. The number of rotatable bonds is 18. The number of hydrogen-bond donors (Lipinski definition) is 3. The van der Waals surface area contributed by atoms with Gasteiger partial charge in [0, 0.05) is 27.1 Å².